The summed E-state index contributed by atoms with van der Waals surface area (Å²) in [5.74, 6) is 1.81. The maximum Gasteiger partial charge on any atom is 0.163 e. The Bertz CT molecular complexity index is 644. The quantitative estimate of drug-likeness (QED) is 0.855. The molecule has 0 atom stereocenters. The fraction of sp³-hybridized carbons (Fsp3) is 0.278. The molecule has 0 fully saturated rings. The first-order valence-electron chi connectivity index (χ1n) is 7.18. The van der Waals surface area contributed by atoms with E-state index in [1.807, 2.05) is 42.5 Å². The number of carbonyl (C=O) groups is 1. The minimum atomic E-state index is 0.228. The molecule has 0 heterocycles. The summed E-state index contributed by atoms with van der Waals surface area (Å²) in [5, 5.41) is 0. The summed E-state index contributed by atoms with van der Waals surface area (Å²) >= 11 is 0. The third-order valence-corrected chi connectivity index (χ3v) is 3.80. The van der Waals surface area contributed by atoms with E-state index < -0.39 is 0 Å². The third kappa shape index (κ3) is 3.07. The van der Waals surface area contributed by atoms with Crippen LogP contribution < -0.4 is 9.47 Å². The minimum absolute atomic E-state index is 0.228. The van der Waals surface area contributed by atoms with Gasteiger partial charge in [0.05, 0.1) is 7.11 Å². The predicted octanol–water partition coefficient (Wildman–Crippen LogP) is 3.79. The number of ketones is 1. The van der Waals surface area contributed by atoms with Crippen molar-refractivity contribution >= 4 is 5.78 Å². The minimum Gasteiger partial charge on any atom is -0.497 e. The van der Waals surface area contributed by atoms with Gasteiger partial charge >= 0.3 is 0 Å². The number of methoxy groups -OCH3 is 1. The number of aryl methyl sites for hydroxylation is 1. The van der Waals surface area contributed by atoms with Crippen molar-refractivity contribution in [3.8, 4) is 11.5 Å². The molecule has 3 heteroatoms. The Morgan fingerprint density at radius 1 is 1.00 bits per heavy atom. The van der Waals surface area contributed by atoms with E-state index in [4.69, 9.17) is 9.47 Å². The Hall–Kier alpha value is -2.29. The second kappa shape index (κ2) is 6.00. The highest BCUT2D eigenvalue weighted by Gasteiger charge is 2.17. The first-order chi connectivity index (χ1) is 10.3. The summed E-state index contributed by atoms with van der Waals surface area (Å²) in [6.45, 7) is 0.483. The molecule has 0 saturated heterocycles. The number of benzene rings is 2. The van der Waals surface area contributed by atoms with Crippen LogP contribution in [-0.4, -0.2) is 12.9 Å². The van der Waals surface area contributed by atoms with Crippen molar-refractivity contribution in [1.29, 1.82) is 0 Å². The van der Waals surface area contributed by atoms with Crippen molar-refractivity contribution < 1.29 is 14.3 Å². The Morgan fingerprint density at radius 3 is 2.52 bits per heavy atom. The van der Waals surface area contributed by atoms with Gasteiger partial charge in [0.25, 0.3) is 0 Å². The molecule has 0 bridgehead atoms. The molecule has 2 aromatic carbocycles. The van der Waals surface area contributed by atoms with E-state index in [1.165, 1.54) is 0 Å². The zero-order valence-corrected chi connectivity index (χ0v) is 12.1. The molecule has 3 nitrogen and oxygen atoms in total. The van der Waals surface area contributed by atoms with Crippen molar-refractivity contribution in [2.24, 2.45) is 0 Å². The van der Waals surface area contributed by atoms with Gasteiger partial charge in [-0.15, -0.1) is 0 Å². The largest absolute Gasteiger partial charge is 0.497 e. The molecule has 0 aromatic heterocycles. The van der Waals surface area contributed by atoms with E-state index >= 15 is 0 Å². The summed E-state index contributed by atoms with van der Waals surface area (Å²) in [6.07, 6.45) is 2.59. The van der Waals surface area contributed by atoms with Gasteiger partial charge in [-0.2, -0.15) is 0 Å². The van der Waals surface area contributed by atoms with Gasteiger partial charge in [0, 0.05) is 12.0 Å². The summed E-state index contributed by atoms with van der Waals surface area (Å²) in [7, 11) is 1.65. The van der Waals surface area contributed by atoms with Gasteiger partial charge in [0.15, 0.2) is 5.78 Å². The molecule has 0 N–H and O–H groups in total. The maximum atomic E-state index is 11.9. The number of Topliss-reactive ketones (excluding diaryl/α,β-unsaturated/α-hetero) is 1. The normalized spacial score (nSPS) is 13.7. The van der Waals surface area contributed by atoms with E-state index in [0.717, 1.165) is 41.0 Å². The van der Waals surface area contributed by atoms with E-state index in [1.54, 1.807) is 7.11 Å². The lowest BCUT2D eigenvalue weighted by molar-refractivity contribution is 0.0972. The SMILES string of the molecule is COc1ccc(COc2ccc3c(c2)C(=O)CCC3)cc1. The van der Waals surface area contributed by atoms with E-state index in [-0.39, 0.29) is 5.78 Å². The van der Waals surface area contributed by atoms with Gasteiger partial charge in [-0.3, -0.25) is 4.79 Å². The summed E-state index contributed by atoms with van der Waals surface area (Å²) in [6, 6.07) is 13.6. The van der Waals surface area contributed by atoms with Crippen LogP contribution in [0.2, 0.25) is 0 Å². The number of hydrogen-bond donors (Lipinski definition) is 0. The van der Waals surface area contributed by atoms with Crippen molar-refractivity contribution in [3.63, 3.8) is 0 Å². The maximum absolute atomic E-state index is 11.9. The van der Waals surface area contributed by atoms with Crippen molar-refractivity contribution in [1.82, 2.24) is 0 Å². The van der Waals surface area contributed by atoms with Gasteiger partial charge in [0.1, 0.15) is 18.1 Å². The van der Waals surface area contributed by atoms with Crippen LogP contribution in [0.3, 0.4) is 0 Å². The Kier molecular flexibility index (Phi) is 3.91. The number of carbonyl (C=O) groups excluding carboxylic acids is 1. The number of ether oxygens (including phenoxy) is 2. The van der Waals surface area contributed by atoms with Crippen LogP contribution >= 0.6 is 0 Å². The molecule has 0 spiro atoms. The van der Waals surface area contributed by atoms with Crippen LogP contribution in [0.5, 0.6) is 11.5 Å². The highest BCUT2D eigenvalue weighted by molar-refractivity contribution is 5.98. The van der Waals surface area contributed by atoms with Crippen molar-refractivity contribution in [3.05, 3.63) is 59.2 Å². The number of rotatable bonds is 4. The van der Waals surface area contributed by atoms with Gasteiger partial charge in [-0.25, -0.2) is 0 Å². The van der Waals surface area contributed by atoms with E-state index in [0.29, 0.717) is 13.0 Å². The van der Waals surface area contributed by atoms with Crippen LogP contribution in [-0.2, 0) is 13.0 Å². The van der Waals surface area contributed by atoms with Gasteiger partial charge in [-0.05, 0) is 48.2 Å². The molecule has 0 unspecified atom stereocenters. The first kappa shape index (κ1) is 13.7. The van der Waals surface area contributed by atoms with Crippen LogP contribution in [0.25, 0.3) is 0 Å². The second-order valence-electron chi connectivity index (χ2n) is 5.23. The lowest BCUT2D eigenvalue weighted by Crippen LogP contribution is -2.10. The fourth-order valence-corrected chi connectivity index (χ4v) is 2.59. The smallest absolute Gasteiger partial charge is 0.163 e. The molecular weight excluding hydrogens is 264 g/mol. The molecule has 0 amide bonds. The highest BCUT2D eigenvalue weighted by Crippen LogP contribution is 2.26. The average Bonchev–Trinajstić information content (AvgIpc) is 2.54. The molecule has 0 aliphatic heterocycles. The standard InChI is InChI=1S/C18H18O3/c1-20-15-8-5-13(6-9-15)12-21-16-10-7-14-3-2-4-18(19)17(14)11-16/h5-11H,2-4,12H2,1H3. The summed E-state index contributed by atoms with van der Waals surface area (Å²) in [4.78, 5) is 11.9. The number of fused-ring (bicyclic) bond motifs is 1. The molecule has 108 valence electrons. The monoisotopic (exact) mass is 282 g/mol. The van der Waals surface area contributed by atoms with Crippen molar-refractivity contribution in [2.45, 2.75) is 25.9 Å². The van der Waals surface area contributed by atoms with Crippen molar-refractivity contribution in [2.75, 3.05) is 7.11 Å². The Labute approximate surface area is 124 Å². The van der Waals surface area contributed by atoms with Crippen LogP contribution in [0.15, 0.2) is 42.5 Å². The van der Waals surface area contributed by atoms with E-state index in [2.05, 4.69) is 0 Å². The molecule has 1 aliphatic rings. The molecule has 1 aliphatic carbocycles. The molecule has 2 aromatic rings. The van der Waals surface area contributed by atoms with Crippen LogP contribution in [0, 0.1) is 0 Å². The zero-order chi connectivity index (χ0) is 14.7. The Morgan fingerprint density at radius 2 is 1.76 bits per heavy atom. The van der Waals surface area contributed by atoms with Gasteiger partial charge in [0.2, 0.25) is 0 Å². The average molecular weight is 282 g/mol. The Balaban J connectivity index is 1.70. The topological polar surface area (TPSA) is 35.5 Å². The zero-order valence-electron chi connectivity index (χ0n) is 12.1. The molecule has 0 saturated carbocycles. The second-order valence-corrected chi connectivity index (χ2v) is 5.23. The lowest BCUT2D eigenvalue weighted by atomic mass is 9.90. The fourth-order valence-electron chi connectivity index (χ4n) is 2.59. The molecule has 0 radical (unpaired) electrons. The molecule has 21 heavy (non-hydrogen) atoms. The molecular formula is C18H18O3. The predicted molar refractivity (Wildman–Crippen MR) is 81.0 cm³/mol. The lowest BCUT2D eigenvalue weighted by Gasteiger charge is -2.16. The first-order valence-corrected chi connectivity index (χ1v) is 7.18. The third-order valence-electron chi connectivity index (χ3n) is 3.80. The van der Waals surface area contributed by atoms with E-state index in [9.17, 15) is 4.79 Å². The van der Waals surface area contributed by atoms with Gasteiger partial charge in [-0.1, -0.05) is 18.2 Å². The summed E-state index contributed by atoms with van der Waals surface area (Å²) in [5.41, 5.74) is 3.04. The highest BCUT2D eigenvalue weighted by atomic mass is 16.5. The van der Waals surface area contributed by atoms with Crippen LogP contribution in [0.4, 0.5) is 0 Å². The molecule has 3 rings (SSSR count). The van der Waals surface area contributed by atoms with Gasteiger partial charge < -0.3 is 9.47 Å². The number of hydrogen-bond acceptors (Lipinski definition) is 3. The summed E-state index contributed by atoms with van der Waals surface area (Å²) < 4.78 is 10.9. The van der Waals surface area contributed by atoms with Crippen LogP contribution in [0.1, 0.15) is 34.3 Å².